The highest BCUT2D eigenvalue weighted by atomic mass is 35.5. The Morgan fingerprint density at radius 3 is 2.60 bits per heavy atom. The van der Waals surface area contributed by atoms with Gasteiger partial charge in [0.1, 0.15) is 24.0 Å². The van der Waals surface area contributed by atoms with E-state index in [0.29, 0.717) is 18.1 Å². The molecule has 0 fully saturated rings. The molecule has 1 unspecified atom stereocenters. The van der Waals surface area contributed by atoms with E-state index in [2.05, 4.69) is 58.4 Å². The number of H-pyrrole nitrogens is 2. The minimum absolute atomic E-state index is 0.155. The predicted molar refractivity (Wildman–Crippen MR) is 133 cm³/mol. The van der Waals surface area contributed by atoms with Crippen LogP contribution < -0.4 is 4.74 Å². The Bertz CT molecular complexity index is 1360. The van der Waals surface area contributed by atoms with Crippen LogP contribution in [0.1, 0.15) is 34.6 Å². The van der Waals surface area contributed by atoms with Gasteiger partial charge >= 0.3 is 0 Å². The number of aromatic amines is 2. The minimum atomic E-state index is 0.155. The van der Waals surface area contributed by atoms with Gasteiger partial charge in [-0.25, -0.2) is 15.2 Å². The van der Waals surface area contributed by atoms with E-state index >= 15 is 0 Å². The Hall–Kier alpha value is -3.57. The fraction of sp³-hybridized carbons (Fsp3) is 0.261. The molecule has 0 spiro atoms. The number of halogens is 1. The summed E-state index contributed by atoms with van der Waals surface area (Å²) in [5.74, 6) is 3.25. The maximum absolute atomic E-state index is 6.12. The molecule has 0 bridgehead atoms. The van der Waals surface area contributed by atoms with E-state index in [9.17, 15) is 0 Å². The number of thioether (sulfide) groups is 1. The van der Waals surface area contributed by atoms with Crippen LogP contribution in [0.5, 0.6) is 5.75 Å². The fourth-order valence-corrected chi connectivity index (χ4v) is 5.02. The van der Waals surface area contributed by atoms with Gasteiger partial charge in [-0.3, -0.25) is 0 Å². The molecule has 1 atom stereocenters. The number of aromatic nitrogens is 9. The fourth-order valence-electron chi connectivity index (χ4n) is 3.64. The summed E-state index contributed by atoms with van der Waals surface area (Å²) in [5.41, 5.74) is 2.83. The molecule has 5 rings (SSSR count). The first-order valence-electron chi connectivity index (χ1n) is 11.1. The number of rotatable bonds is 11. The molecular formula is C23H22ClN9OS. The zero-order chi connectivity index (χ0) is 23.9. The summed E-state index contributed by atoms with van der Waals surface area (Å²) in [5, 5.41) is 30.2. The van der Waals surface area contributed by atoms with Gasteiger partial charge in [-0.15, -0.1) is 10.2 Å². The van der Waals surface area contributed by atoms with Gasteiger partial charge in [0.15, 0.2) is 0 Å². The van der Waals surface area contributed by atoms with E-state index in [1.165, 1.54) is 0 Å². The molecule has 12 heteroatoms. The van der Waals surface area contributed by atoms with Crippen molar-refractivity contribution in [3.8, 4) is 5.75 Å². The molecule has 2 aromatic carbocycles. The largest absolute Gasteiger partial charge is 0.487 e. The van der Waals surface area contributed by atoms with Crippen LogP contribution in [-0.2, 0) is 19.4 Å². The molecule has 5 aromatic rings. The zero-order valence-corrected chi connectivity index (χ0v) is 20.2. The van der Waals surface area contributed by atoms with Gasteiger partial charge in [-0.05, 0) is 68.9 Å². The Labute approximate surface area is 210 Å². The van der Waals surface area contributed by atoms with Gasteiger partial charge in [-0.1, -0.05) is 35.9 Å². The number of nitrogens with zero attached hydrogens (tertiary/aromatic N) is 7. The highest BCUT2D eigenvalue weighted by molar-refractivity contribution is 7.99. The second-order valence-corrected chi connectivity index (χ2v) is 9.61. The molecule has 0 aliphatic rings. The maximum atomic E-state index is 6.12. The lowest BCUT2D eigenvalue weighted by atomic mass is 10.1. The van der Waals surface area contributed by atoms with Gasteiger partial charge in [0.05, 0.1) is 11.2 Å². The molecule has 2 N–H and O–H groups in total. The average molecular weight is 508 g/mol. The summed E-state index contributed by atoms with van der Waals surface area (Å²) >= 11 is 7.96. The number of benzene rings is 2. The molecule has 0 amide bonds. The molecule has 3 heterocycles. The van der Waals surface area contributed by atoms with Crippen molar-refractivity contribution in [3.05, 3.63) is 82.5 Å². The van der Waals surface area contributed by atoms with Crippen LogP contribution in [0.15, 0.2) is 54.6 Å². The number of ether oxygens (including phenoxy) is 1. The Kier molecular flexibility index (Phi) is 7.44. The maximum Gasteiger partial charge on any atom is 0.149 e. The standard InChI is InChI=1S/C23H22ClN9OS/c24-17-8-6-15-7-9-18(25-20(15)12-17)14-34-19-4-1-3-16(11-19)21(13-23-28-32-33-29-23)35-10-2-5-22-26-30-31-27-22/h1,3-4,6-9,11-12,21H,2,5,10,13-14H2,(H,26,27,30,31)(H,28,29,32,33). The van der Waals surface area contributed by atoms with Crippen molar-refractivity contribution in [2.24, 2.45) is 0 Å². The van der Waals surface area contributed by atoms with Crippen LogP contribution in [-0.4, -0.2) is 52.0 Å². The first-order valence-corrected chi connectivity index (χ1v) is 12.5. The number of pyridine rings is 1. The molecule has 0 aliphatic carbocycles. The van der Waals surface area contributed by atoms with Gasteiger partial charge in [0.25, 0.3) is 0 Å². The number of hydrogen-bond donors (Lipinski definition) is 2. The lowest BCUT2D eigenvalue weighted by Crippen LogP contribution is -2.04. The third kappa shape index (κ3) is 6.31. The van der Waals surface area contributed by atoms with Crippen molar-refractivity contribution in [1.29, 1.82) is 0 Å². The summed E-state index contributed by atoms with van der Waals surface area (Å²) in [6.45, 7) is 0.362. The van der Waals surface area contributed by atoms with Crippen LogP contribution in [0.2, 0.25) is 5.02 Å². The number of hydrogen-bond acceptors (Lipinski definition) is 9. The molecule has 3 aromatic heterocycles. The van der Waals surface area contributed by atoms with E-state index in [1.807, 2.05) is 54.2 Å². The van der Waals surface area contributed by atoms with Crippen molar-refractivity contribution in [1.82, 2.24) is 46.2 Å². The first kappa shape index (κ1) is 23.2. The van der Waals surface area contributed by atoms with Gasteiger partial charge in [0, 0.05) is 28.5 Å². The summed E-state index contributed by atoms with van der Waals surface area (Å²) in [6.07, 6.45) is 2.42. The molecule has 35 heavy (non-hydrogen) atoms. The van der Waals surface area contributed by atoms with E-state index in [4.69, 9.17) is 16.3 Å². The van der Waals surface area contributed by atoms with Crippen molar-refractivity contribution in [2.45, 2.75) is 31.1 Å². The Morgan fingerprint density at radius 2 is 1.77 bits per heavy atom. The van der Waals surface area contributed by atoms with Crippen LogP contribution in [0, 0.1) is 0 Å². The normalized spacial score (nSPS) is 12.1. The monoisotopic (exact) mass is 507 g/mol. The van der Waals surface area contributed by atoms with Gasteiger partial charge < -0.3 is 4.74 Å². The Balaban J connectivity index is 1.25. The van der Waals surface area contributed by atoms with Gasteiger partial charge in [-0.2, -0.15) is 11.8 Å². The highest BCUT2D eigenvalue weighted by Gasteiger charge is 2.16. The SMILES string of the molecule is Clc1ccc2ccc(COc3cccc(C(Cc4nnn[nH]4)SCCCc4nnn[nH]4)c3)nc2c1. The third-order valence-corrected chi connectivity index (χ3v) is 6.96. The minimum Gasteiger partial charge on any atom is -0.487 e. The van der Waals surface area contributed by atoms with Crippen LogP contribution in [0.3, 0.4) is 0 Å². The van der Waals surface area contributed by atoms with E-state index in [1.54, 1.807) is 0 Å². The summed E-state index contributed by atoms with van der Waals surface area (Å²) < 4.78 is 6.09. The lowest BCUT2D eigenvalue weighted by Gasteiger charge is -2.17. The van der Waals surface area contributed by atoms with Gasteiger partial charge in [0.2, 0.25) is 0 Å². The van der Waals surface area contributed by atoms with Crippen molar-refractivity contribution in [2.75, 3.05) is 5.75 Å². The summed E-state index contributed by atoms with van der Waals surface area (Å²) in [4.78, 5) is 4.67. The number of fused-ring (bicyclic) bond motifs is 1. The molecule has 0 saturated carbocycles. The second kappa shape index (κ2) is 11.2. The second-order valence-electron chi connectivity index (χ2n) is 7.86. The van der Waals surface area contributed by atoms with E-state index < -0.39 is 0 Å². The van der Waals surface area contributed by atoms with Crippen LogP contribution in [0.4, 0.5) is 0 Å². The molecule has 0 aliphatic heterocycles. The number of nitrogens with one attached hydrogen (secondary N) is 2. The third-order valence-electron chi connectivity index (χ3n) is 5.36. The van der Waals surface area contributed by atoms with E-state index in [-0.39, 0.29) is 5.25 Å². The Morgan fingerprint density at radius 1 is 0.943 bits per heavy atom. The molecule has 0 radical (unpaired) electrons. The smallest absolute Gasteiger partial charge is 0.149 e. The summed E-state index contributed by atoms with van der Waals surface area (Å²) in [6, 6.07) is 17.8. The highest BCUT2D eigenvalue weighted by Crippen LogP contribution is 2.34. The number of tetrazole rings is 2. The average Bonchev–Trinajstić information content (AvgIpc) is 3.59. The molecular weight excluding hydrogens is 486 g/mol. The predicted octanol–water partition coefficient (Wildman–Crippen LogP) is 4.14. The topological polar surface area (TPSA) is 131 Å². The zero-order valence-electron chi connectivity index (χ0n) is 18.6. The van der Waals surface area contributed by atoms with Crippen LogP contribution >= 0.6 is 23.4 Å². The van der Waals surface area contributed by atoms with Crippen molar-refractivity contribution in [3.63, 3.8) is 0 Å². The van der Waals surface area contributed by atoms with Crippen molar-refractivity contribution >= 4 is 34.3 Å². The quantitative estimate of drug-likeness (QED) is 0.253. The molecule has 10 nitrogen and oxygen atoms in total. The summed E-state index contributed by atoms with van der Waals surface area (Å²) in [7, 11) is 0. The first-order chi connectivity index (χ1) is 17.2. The van der Waals surface area contributed by atoms with Crippen molar-refractivity contribution < 1.29 is 4.74 Å². The molecule has 178 valence electrons. The lowest BCUT2D eigenvalue weighted by molar-refractivity contribution is 0.301. The van der Waals surface area contributed by atoms with Crippen LogP contribution in [0.25, 0.3) is 10.9 Å². The molecule has 0 saturated heterocycles. The van der Waals surface area contributed by atoms with E-state index in [0.717, 1.165) is 58.2 Å². The number of aryl methyl sites for hydroxylation is 1.